The molecule has 0 saturated carbocycles. The normalized spacial score (nSPS) is 10.7. The van der Waals surface area contributed by atoms with Crippen molar-refractivity contribution in [2.24, 2.45) is 0 Å². The molecule has 0 aliphatic carbocycles. The van der Waals surface area contributed by atoms with Crippen LogP contribution >= 0.6 is 11.3 Å². The van der Waals surface area contributed by atoms with Crippen LogP contribution in [0.25, 0.3) is 6.08 Å². The zero-order valence-corrected chi connectivity index (χ0v) is 17.6. The van der Waals surface area contributed by atoms with Crippen LogP contribution < -0.4 is 15.5 Å². The number of carbonyl (C=O) groups excluding carboxylic acids is 3. The Kier molecular flexibility index (Phi) is 6.88. The molecule has 1 heterocycles. The fourth-order valence-electron chi connectivity index (χ4n) is 2.69. The van der Waals surface area contributed by atoms with E-state index in [0.717, 1.165) is 6.07 Å². The highest BCUT2D eigenvalue weighted by Crippen LogP contribution is 2.29. The lowest BCUT2D eigenvalue weighted by Crippen LogP contribution is -2.22. The molecular weight excluding hydrogens is 419 g/mol. The topological polar surface area (TPSA) is 91.4 Å². The third-order valence-corrected chi connectivity index (χ3v) is 4.82. The Labute approximate surface area is 182 Å². The van der Waals surface area contributed by atoms with E-state index in [1.54, 1.807) is 5.38 Å². The van der Waals surface area contributed by atoms with Crippen molar-refractivity contribution in [1.82, 2.24) is 4.98 Å². The lowest BCUT2D eigenvalue weighted by Gasteiger charge is -2.17. The van der Waals surface area contributed by atoms with Crippen molar-refractivity contribution in [1.29, 1.82) is 0 Å². The number of rotatable bonds is 6. The molecule has 0 bridgehead atoms. The molecule has 1 aromatic heterocycles. The number of aromatic nitrogens is 1. The van der Waals surface area contributed by atoms with Crippen LogP contribution in [0.1, 0.15) is 19.5 Å². The van der Waals surface area contributed by atoms with Gasteiger partial charge in [0.05, 0.1) is 17.1 Å². The monoisotopic (exact) mass is 438 g/mol. The van der Waals surface area contributed by atoms with Gasteiger partial charge in [0.1, 0.15) is 5.82 Å². The van der Waals surface area contributed by atoms with Gasteiger partial charge in [-0.2, -0.15) is 0 Å². The number of benzene rings is 2. The number of thiazole rings is 1. The van der Waals surface area contributed by atoms with Crippen molar-refractivity contribution in [3.8, 4) is 0 Å². The third-order valence-electron chi connectivity index (χ3n) is 3.98. The molecule has 3 aromatic rings. The van der Waals surface area contributed by atoms with Crippen LogP contribution in [0.2, 0.25) is 0 Å². The summed E-state index contributed by atoms with van der Waals surface area (Å²) in [5, 5.41) is 7.16. The zero-order chi connectivity index (χ0) is 22.4. The quantitative estimate of drug-likeness (QED) is 0.551. The average molecular weight is 438 g/mol. The number of nitrogens with zero attached hydrogens (tertiary/aromatic N) is 2. The molecule has 3 rings (SSSR count). The van der Waals surface area contributed by atoms with Crippen molar-refractivity contribution in [2.75, 3.05) is 15.5 Å². The minimum absolute atomic E-state index is 0.0244. The van der Waals surface area contributed by atoms with Gasteiger partial charge >= 0.3 is 0 Å². The van der Waals surface area contributed by atoms with Gasteiger partial charge in [-0.25, -0.2) is 9.37 Å². The molecular formula is C22H19FN4O3S. The number of hydrogen-bond donors (Lipinski definition) is 2. The molecule has 2 N–H and O–H groups in total. The first-order valence-corrected chi connectivity index (χ1v) is 10.1. The molecule has 0 spiro atoms. The second-order valence-electron chi connectivity index (χ2n) is 6.44. The van der Waals surface area contributed by atoms with Gasteiger partial charge < -0.3 is 10.6 Å². The molecule has 158 valence electrons. The molecule has 0 fully saturated rings. The summed E-state index contributed by atoms with van der Waals surface area (Å²) in [6.07, 6.45) is 2.79. The van der Waals surface area contributed by atoms with E-state index in [2.05, 4.69) is 15.6 Å². The fourth-order valence-corrected chi connectivity index (χ4v) is 3.55. The second-order valence-corrected chi connectivity index (χ2v) is 7.28. The van der Waals surface area contributed by atoms with Gasteiger partial charge in [0, 0.05) is 31.0 Å². The summed E-state index contributed by atoms with van der Waals surface area (Å²) in [6.45, 7) is 2.72. The van der Waals surface area contributed by atoms with E-state index in [-0.39, 0.29) is 11.6 Å². The second kappa shape index (κ2) is 9.77. The van der Waals surface area contributed by atoms with Crippen LogP contribution in [0.15, 0.2) is 60.0 Å². The predicted octanol–water partition coefficient (Wildman–Crippen LogP) is 4.58. The van der Waals surface area contributed by atoms with E-state index in [1.165, 1.54) is 54.4 Å². The number of anilines is 4. The van der Waals surface area contributed by atoms with E-state index >= 15 is 0 Å². The highest BCUT2D eigenvalue weighted by molar-refractivity contribution is 7.14. The number of halogens is 1. The van der Waals surface area contributed by atoms with Gasteiger partial charge in [-0.05, 0) is 36.4 Å². The summed E-state index contributed by atoms with van der Waals surface area (Å²) in [4.78, 5) is 41.3. The molecule has 7 nitrogen and oxygen atoms in total. The highest BCUT2D eigenvalue weighted by atomic mass is 32.1. The van der Waals surface area contributed by atoms with Crippen molar-refractivity contribution in [3.63, 3.8) is 0 Å². The highest BCUT2D eigenvalue weighted by Gasteiger charge is 2.17. The Balaban J connectivity index is 1.70. The van der Waals surface area contributed by atoms with Gasteiger partial charge in [0.15, 0.2) is 5.13 Å². The lowest BCUT2D eigenvalue weighted by molar-refractivity contribution is -0.116. The Bertz CT molecular complexity index is 1140. The van der Waals surface area contributed by atoms with Crippen LogP contribution in [-0.2, 0) is 14.4 Å². The Morgan fingerprint density at radius 1 is 1.06 bits per heavy atom. The van der Waals surface area contributed by atoms with E-state index < -0.39 is 17.6 Å². The Morgan fingerprint density at radius 3 is 2.48 bits per heavy atom. The smallest absolute Gasteiger partial charge is 0.248 e. The van der Waals surface area contributed by atoms with Crippen molar-refractivity contribution in [3.05, 3.63) is 71.5 Å². The molecule has 31 heavy (non-hydrogen) atoms. The van der Waals surface area contributed by atoms with E-state index in [0.29, 0.717) is 22.2 Å². The number of hydrogen-bond acceptors (Lipinski definition) is 5. The standard InChI is InChI=1S/C22H19FN4O3S/c1-14(28)24-20-12-16(8-10-19(20)23)25-21(30)11-9-17-13-31-22(26-17)27(15(2)29)18-6-4-3-5-7-18/h3-13H,1-2H3,(H,24,28)(H,25,30)/b11-9+. The minimum atomic E-state index is -0.604. The Morgan fingerprint density at radius 2 is 1.81 bits per heavy atom. The summed E-state index contributed by atoms with van der Waals surface area (Å²) >= 11 is 1.27. The lowest BCUT2D eigenvalue weighted by atomic mass is 10.2. The maximum Gasteiger partial charge on any atom is 0.248 e. The summed E-state index contributed by atoms with van der Waals surface area (Å²) in [5.74, 6) is -1.66. The molecule has 0 unspecified atom stereocenters. The summed E-state index contributed by atoms with van der Waals surface area (Å²) in [5.41, 5.74) is 1.51. The van der Waals surface area contributed by atoms with Crippen LogP contribution in [0.5, 0.6) is 0 Å². The predicted molar refractivity (Wildman–Crippen MR) is 120 cm³/mol. The van der Waals surface area contributed by atoms with Gasteiger partial charge in [0.25, 0.3) is 0 Å². The van der Waals surface area contributed by atoms with Crippen LogP contribution in [0, 0.1) is 5.82 Å². The summed E-state index contributed by atoms with van der Waals surface area (Å²) < 4.78 is 13.7. The molecule has 0 atom stereocenters. The van der Waals surface area contributed by atoms with Crippen molar-refractivity contribution in [2.45, 2.75) is 13.8 Å². The number of nitrogens with one attached hydrogen (secondary N) is 2. The number of para-hydroxylation sites is 1. The minimum Gasteiger partial charge on any atom is -0.324 e. The third kappa shape index (κ3) is 5.83. The van der Waals surface area contributed by atoms with Crippen LogP contribution in [-0.4, -0.2) is 22.7 Å². The number of amides is 3. The van der Waals surface area contributed by atoms with Gasteiger partial charge in [-0.1, -0.05) is 18.2 Å². The molecule has 3 amide bonds. The fraction of sp³-hybridized carbons (Fsp3) is 0.0909. The van der Waals surface area contributed by atoms with E-state index in [9.17, 15) is 18.8 Å². The van der Waals surface area contributed by atoms with Gasteiger partial charge in [0.2, 0.25) is 17.7 Å². The molecule has 0 aliphatic rings. The van der Waals surface area contributed by atoms with E-state index in [4.69, 9.17) is 0 Å². The van der Waals surface area contributed by atoms with Gasteiger partial charge in [-0.15, -0.1) is 11.3 Å². The summed E-state index contributed by atoms with van der Waals surface area (Å²) in [7, 11) is 0. The van der Waals surface area contributed by atoms with Gasteiger partial charge in [-0.3, -0.25) is 19.3 Å². The first-order chi connectivity index (χ1) is 14.8. The molecule has 2 aromatic carbocycles. The molecule has 0 saturated heterocycles. The maximum absolute atomic E-state index is 13.7. The largest absolute Gasteiger partial charge is 0.324 e. The summed E-state index contributed by atoms with van der Waals surface area (Å²) in [6, 6.07) is 13.0. The molecule has 0 aliphatic heterocycles. The average Bonchev–Trinajstić information content (AvgIpc) is 3.17. The maximum atomic E-state index is 13.7. The zero-order valence-electron chi connectivity index (χ0n) is 16.8. The first-order valence-electron chi connectivity index (χ1n) is 9.21. The SMILES string of the molecule is CC(=O)Nc1cc(NC(=O)/C=C/c2csc(N(C(C)=O)c3ccccc3)n2)ccc1F. The molecule has 0 radical (unpaired) electrons. The van der Waals surface area contributed by atoms with E-state index in [1.807, 2.05) is 30.3 Å². The van der Waals surface area contributed by atoms with Crippen LogP contribution in [0.4, 0.5) is 26.6 Å². The van der Waals surface area contributed by atoms with Crippen molar-refractivity contribution < 1.29 is 18.8 Å². The Hall–Kier alpha value is -3.85. The van der Waals surface area contributed by atoms with Crippen LogP contribution in [0.3, 0.4) is 0 Å². The first kappa shape index (κ1) is 21.8. The molecule has 9 heteroatoms. The number of carbonyl (C=O) groups is 3. The van der Waals surface area contributed by atoms with Crippen molar-refractivity contribution >= 4 is 57.3 Å².